The summed E-state index contributed by atoms with van der Waals surface area (Å²) in [7, 11) is 0. The number of carbonyl (C=O) groups is 1. The Hall–Kier alpha value is -2.26. The highest BCUT2D eigenvalue weighted by Gasteiger charge is 2.55. The largest absolute Gasteiger partial charge is 0.370 e. The smallest absolute Gasteiger partial charge is 0.167 e. The van der Waals surface area contributed by atoms with E-state index in [4.69, 9.17) is 4.74 Å². The molecule has 2 heterocycles. The van der Waals surface area contributed by atoms with Crippen LogP contribution in [0.5, 0.6) is 0 Å². The van der Waals surface area contributed by atoms with Crippen molar-refractivity contribution in [1.29, 1.82) is 0 Å². The zero-order valence-corrected chi connectivity index (χ0v) is 17.4. The molecule has 1 aromatic carbocycles. The summed E-state index contributed by atoms with van der Waals surface area (Å²) in [5.41, 5.74) is 5.80. The van der Waals surface area contributed by atoms with Gasteiger partial charge in [0.15, 0.2) is 5.78 Å². The Morgan fingerprint density at radius 3 is 2.90 bits per heavy atom. The van der Waals surface area contributed by atoms with Gasteiger partial charge in [-0.15, -0.1) is 0 Å². The van der Waals surface area contributed by atoms with Crippen molar-refractivity contribution in [2.24, 2.45) is 5.92 Å². The highest BCUT2D eigenvalue weighted by atomic mass is 16.6. The lowest BCUT2D eigenvalue weighted by Gasteiger charge is -2.46. The van der Waals surface area contributed by atoms with Gasteiger partial charge in [-0.05, 0) is 79.2 Å². The Balaban J connectivity index is 1.47. The number of benzene rings is 1. The average Bonchev–Trinajstić information content (AvgIpc) is 3.51. The van der Waals surface area contributed by atoms with Crippen molar-refractivity contribution in [2.45, 2.75) is 63.4 Å². The second-order valence-corrected chi connectivity index (χ2v) is 9.17. The van der Waals surface area contributed by atoms with Crippen LogP contribution >= 0.6 is 0 Å². The van der Waals surface area contributed by atoms with Crippen LogP contribution in [-0.4, -0.2) is 23.0 Å². The molecule has 1 saturated heterocycles. The molecule has 1 aromatic heterocycles. The van der Waals surface area contributed by atoms with Crippen LogP contribution in [0.2, 0.25) is 0 Å². The Morgan fingerprint density at radius 1 is 1.28 bits per heavy atom. The number of allylic oxidation sites excluding steroid dienone is 1. The summed E-state index contributed by atoms with van der Waals surface area (Å²) in [5, 5.41) is 0. The molecule has 2 aromatic rings. The maximum atomic E-state index is 13.0. The number of hydrogen-bond acceptors (Lipinski definition) is 3. The van der Waals surface area contributed by atoms with Crippen molar-refractivity contribution in [1.82, 2.24) is 4.98 Å². The predicted octanol–water partition coefficient (Wildman–Crippen LogP) is 5.45. The van der Waals surface area contributed by atoms with Crippen LogP contribution < -0.4 is 0 Å². The van der Waals surface area contributed by atoms with E-state index >= 15 is 0 Å². The molecular weight excluding hydrogens is 358 g/mol. The lowest BCUT2D eigenvalue weighted by molar-refractivity contribution is 0.0991. The molecule has 2 fully saturated rings. The van der Waals surface area contributed by atoms with Crippen LogP contribution in [0.15, 0.2) is 42.6 Å². The van der Waals surface area contributed by atoms with E-state index in [2.05, 4.69) is 42.3 Å². The van der Waals surface area contributed by atoms with Gasteiger partial charge in [0.25, 0.3) is 0 Å². The third kappa shape index (κ3) is 3.16. The maximum Gasteiger partial charge on any atom is 0.167 e. The first-order chi connectivity index (χ1) is 14.1. The maximum absolute atomic E-state index is 13.0. The van der Waals surface area contributed by atoms with E-state index in [-0.39, 0.29) is 16.8 Å². The van der Waals surface area contributed by atoms with E-state index < -0.39 is 0 Å². The lowest BCUT2D eigenvalue weighted by Crippen LogP contribution is -2.43. The highest BCUT2D eigenvalue weighted by Crippen LogP contribution is 2.57. The monoisotopic (exact) mass is 387 g/mol. The van der Waals surface area contributed by atoms with Crippen LogP contribution in [0.1, 0.15) is 71.8 Å². The molecule has 1 saturated carbocycles. The molecule has 3 heteroatoms. The molecule has 0 amide bonds. The van der Waals surface area contributed by atoms with Crippen molar-refractivity contribution in [2.75, 3.05) is 6.61 Å². The second kappa shape index (κ2) is 6.91. The summed E-state index contributed by atoms with van der Waals surface area (Å²) in [5.74, 6) is 0.790. The summed E-state index contributed by atoms with van der Waals surface area (Å²) in [4.78, 5) is 17.3. The minimum atomic E-state index is 0.164. The van der Waals surface area contributed by atoms with Gasteiger partial charge in [-0.2, -0.15) is 0 Å². The molecule has 1 spiro atoms. The Bertz CT molecular complexity index is 988. The zero-order valence-electron chi connectivity index (χ0n) is 17.4. The fourth-order valence-corrected chi connectivity index (χ4v) is 5.75. The quantitative estimate of drug-likeness (QED) is 0.517. The van der Waals surface area contributed by atoms with Gasteiger partial charge in [0.05, 0.1) is 12.2 Å². The van der Waals surface area contributed by atoms with Gasteiger partial charge < -0.3 is 4.74 Å². The molecule has 0 radical (unpaired) electrons. The number of fused-ring (bicyclic) bond motifs is 3. The highest BCUT2D eigenvalue weighted by molar-refractivity contribution is 5.98. The van der Waals surface area contributed by atoms with Crippen LogP contribution in [-0.2, 0) is 16.6 Å². The van der Waals surface area contributed by atoms with Gasteiger partial charge in [-0.1, -0.05) is 37.3 Å². The molecular formula is C26H29NO2. The van der Waals surface area contributed by atoms with Gasteiger partial charge in [-0.3, -0.25) is 9.78 Å². The first kappa shape index (κ1) is 18.7. The molecule has 29 heavy (non-hydrogen) atoms. The number of nitrogens with zero attached hydrogens (tertiary/aromatic N) is 1. The molecule has 0 bridgehead atoms. The van der Waals surface area contributed by atoms with Crippen molar-refractivity contribution in [3.05, 3.63) is 70.6 Å². The van der Waals surface area contributed by atoms with Crippen LogP contribution in [0.25, 0.3) is 6.08 Å². The number of Topliss-reactive ketones (excluding diaryl/α,β-unsaturated/α-hetero) is 1. The fraction of sp³-hybridized carbons (Fsp3) is 0.462. The summed E-state index contributed by atoms with van der Waals surface area (Å²) in [6.07, 6.45) is 12.5. The number of ether oxygens (including phenoxy) is 1. The number of carbonyl (C=O) groups excluding carboxylic acids is 1. The Morgan fingerprint density at radius 2 is 2.14 bits per heavy atom. The molecule has 3 atom stereocenters. The number of aromatic nitrogens is 1. The van der Waals surface area contributed by atoms with Gasteiger partial charge in [-0.25, -0.2) is 0 Å². The van der Waals surface area contributed by atoms with Crippen molar-refractivity contribution in [3.8, 4) is 0 Å². The van der Waals surface area contributed by atoms with Crippen LogP contribution in [0, 0.1) is 12.8 Å². The molecule has 1 aliphatic heterocycles. The van der Waals surface area contributed by atoms with E-state index in [1.54, 1.807) is 6.20 Å². The summed E-state index contributed by atoms with van der Waals surface area (Å²) in [6, 6.07) is 10.3. The minimum Gasteiger partial charge on any atom is -0.370 e. The number of pyridine rings is 1. The van der Waals surface area contributed by atoms with E-state index in [0.29, 0.717) is 12.3 Å². The SMILES string of the molecule is CC[C@@]12CC[C@]3(CO3)C[C@@H]1CC=Cc1cc(C(=O)Cc3cccnc3C)ccc12. The third-order valence-electron chi connectivity index (χ3n) is 7.71. The minimum absolute atomic E-state index is 0.164. The number of ketones is 1. The summed E-state index contributed by atoms with van der Waals surface area (Å²) >= 11 is 0. The number of epoxide rings is 1. The van der Waals surface area contributed by atoms with E-state index in [9.17, 15) is 4.79 Å². The molecule has 150 valence electrons. The first-order valence-corrected chi connectivity index (χ1v) is 10.9. The molecule has 3 aliphatic rings. The number of hydrogen-bond donors (Lipinski definition) is 0. The van der Waals surface area contributed by atoms with Crippen LogP contribution in [0.4, 0.5) is 0 Å². The average molecular weight is 388 g/mol. The standard InChI is InChI=1S/C26H29NO2/c1-3-26-12-11-25(17-29-25)16-22(26)8-4-6-20-14-21(9-10-23(20)26)24(28)15-19-7-5-13-27-18(19)2/h4-7,9-10,13-14,22H,3,8,11-12,15-17H2,1-2H3/t22-,25+,26+/m0/s1. The molecule has 0 unspecified atom stereocenters. The van der Waals surface area contributed by atoms with Gasteiger partial charge in [0.1, 0.15) is 0 Å². The van der Waals surface area contributed by atoms with Gasteiger partial charge in [0.2, 0.25) is 0 Å². The van der Waals surface area contributed by atoms with Crippen molar-refractivity contribution < 1.29 is 9.53 Å². The van der Waals surface area contributed by atoms with E-state index in [1.807, 2.05) is 19.1 Å². The van der Waals surface area contributed by atoms with Gasteiger partial charge >= 0.3 is 0 Å². The topological polar surface area (TPSA) is 42.5 Å². The van der Waals surface area contributed by atoms with Crippen molar-refractivity contribution >= 4 is 11.9 Å². The summed E-state index contributed by atoms with van der Waals surface area (Å²) < 4.78 is 5.85. The molecule has 2 aliphatic carbocycles. The van der Waals surface area contributed by atoms with E-state index in [0.717, 1.165) is 42.7 Å². The lowest BCUT2D eigenvalue weighted by atomic mass is 9.58. The Kier molecular flexibility index (Phi) is 4.47. The molecule has 3 nitrogen and oxygen atoms in total. The molecule has 0 N–H and O–H groups in total. The van der Waals surface area contributed by atoms with E-state index in [1.165, 1.54) is 24.0 Å². The predicted molar refractivity (Wildman–Crippen MR) is 115 cm³/mol. The van der Waals surface area contributed by atoms with Crippen molar-refractivity contribution in [3.63, 3.8) is 0 Å². The fourth-order valence-electron chi connectivity index (χ4n) is 5.75. The third-order valence-corrected chi connectivity index (χ3v) is 7.71. The number of rotatable bonds is 4. The summed E-state index contributed by atoms with van der Waals surface area (Å²) in [6.45, 7) is 5.24. The van der Waals surface area contributed by atoms with Crippen LogP contribution in [0.3, 0.4) is 0 Å². The van der Waals surface area contributed by atoms with Gasteiger partial charge in [0, 0.05) is 23.9 Å². The first-order valence-electron chi connectivity index (χ1n) is 10.9. The second-order valence-electron chi connectivity index (χ2n) is 9.17. The Labute approximate surface area is 173 Å². The normalized spacial score (nSPS) is 29.8. The zero-order chi connectivity index (χ0) is 20.1. The number of aryl methyl sites for hydroxylation is 1. The molecule has 5 rings (SSSR count).